The Morgan fingerprint density at radius 2 is 1.93 bits per heavy atom. The van der Waals surface area contributed by atoms with E-state index in [1.54, 1.807) is 12.1 Å². The number of rotatable bonds is 7. The van der Waals surface area contributed by atoms with Gasteiger partial charge in [-0.3, -0.25) is 5.10 Å². The smallest absolute Gasteiger partial charge is 0.206 e. The van der Waals surface area contributed by atoms with Crippen molar-refractivity contribution in [1.82, 2.24) is 20.4 Å². The van der Waals surface area contributed by atoms with E-state index >= 15 is 0 Å². The lowest BCUT2D eigenvalue weighted by molar-refractivity contribution is 0.485. The Morgan fingerprint density at radius 3 is 2.71 bits per heavy atom. The summed E-state index contributed by atoms with van der Waals surface area (Å²) in [7, 11) is 0. The quantitative estimate of drug-likeness (QED) is 0.441. The molecule has 0 unspecified atom stereocenters. The first-order valence-electron chi connectivity index (χ1n) is 9.04. The maximum absolute atomic E-state index is 12.6. The number of H-pyrrole nitrogens is 1. The second-order valence-corrected chi connectivity index (χ2v) is 7.75. The largest absolute Gasteiger partial charge is 0.359 e. The molecule has 0 aliphatic heterocycles. The minimum atomic E-state index is -0.444. The summed E-state index contributed by atoms with van der Waals surface area (Å²) in [6, 6.07) is 11.4. The van der Waals surface area contributed by atoms with Crippen molar-refractivity contribution >= 4 is 27.4 Å². The Balaban J connectivity index is 1.39. The van der Waals surface area contributed by atoms with Gasteiger partial charge in [0.2, 0.25) is 5.13 Å². The first kappa shape index (κ1) is 18.5. The molecule has 0 amide bonds. The van der Waals surface area contributed by atoms with Crippen molar-refractivity contribution < 1.29 is 4.39 Å². The molecule has 4 N–H and O–H groups in total. The fourth-order valence-electron chi connectivity index (χ4n) is 3.15. The Kier molecular flexibility index (Phi) is 5.31. The highest BCUT2D eigenvalue weighted by molar-refractivity contribution is 7.18. The molecule has 0 saturated carbocycles. The molecule has 2 aromatic heterocycles. The molecule has 4 aromatic rings. The van der Waals surface area contributed by atoms with E-state index in [0.717, 1.165) is 37.7 Å². The number of alkyl halides is 1. The zero-order chi connectivity index (χ0) is 19.5. The topological polar surface area (TPSA) is 92.5 Å². The van der Waals surface area contributed by atoms with Crippen LogP contribution in [0.2, 0.25) is 0 Å². The lowest BCUT2D eigenvalue weighted by atomic mass is 10.1. The zero-order valence-corrected chi connectivity index (χ0v) is 16.3. The molecule has 144 valence electrons. The molecule has 0 aliphatic rings. The van der Waals surface area contributed by atoms with Gasteiger partial charge in [0.15, 0.2) is 0 Å². The number of hydrogen-bond acceptors (Lipinski definition) is 6. The van der Waals surface area contributed by atoms with Crippen LogP contribution in [0.3, 0.4) is 0 Å². The molecule has 0 aliphatic carbocycles. The van der Waals surface area contributed by atoms with Crippen LogP contribution >= 0.6 is 11.3 Å². The summed E-state index contributed by atoms with van der Waals surface area (Å²) in [5.41, 5.74) is 11.2. The first-order chi connectivity index (χ1) is 13.6. The van der Waals surface area contributed by atoms with Gasteiger partial charge in [0.25, 0.3) is 0 Å². The predicted molar refractivity (Wildman–Crippen MR) is 111 cm³/mol. The first-order valence-corrected chi connectivity index (χ1v) is 9.85. The number of nitrogens with one attached hydrogen (secondary N) is 2. The van der Waals surface area contributed by atoms with Crippen LogP contribution in [0.15, 0.2) is 42.6 Å². The van der Waals surface area contributed by atoms with Crippen LogP contribution < -0.4 is 11.1 Å². The summed E-state index contributed by atoms with van der Waals surface area (Å²) >= 11 is 1.50. The Hall–Kier alpha value is -2.84. The number of halogens is 1. The highest BCUT2D eigenvalue weighted by atomic mass is 32.1. The average molecular weight is 396 g/mol. The van der Waals surface area contributed by atoms with Gasteiger partial charge >= 0.3 is 0 Å². The van der Waals surface area contributed by atoms with Crippen molar-refractivity contribution in [2.24, 2.45) is 5.73 Å². The number of aromatic nitrogens is 4. The van der Waals surface area contributed by atoms with Crippen molar-refractivity contribution in [3.63, 3.8) is 0 Å². The van der Waals surface area contributed by atoms with E-state index in [9.17, 15) is 4.39 Å². The second kappa shape index (κ2) is 8.04. The fourth-order valence-corrected chi connectivity index (χ4v) is 3.98. The number of aryl methyl sites for hydroxylation is 1. The van der Waals surface area contributed by atoms with E-state index in [1.165, 1.54) is 11.3 Å². The number of hydrogen-bond donors (Lipinski definition) is 3. The van der Waals surface area contributed by atoms with Gasteiger partial charge in [-0.2, -0.15) is 5.10 Å². The van der Waals surface area contributed by atoms with Crippen molar-refractivity contribution in [3.05, 3.63) is 59.3 Å². The minimum Gasteiger partial charge on any atom is -0.359 e. The van der Waals surface area contributed by atoms with Crippen molar-refractivity contribution in [2.45, 2.75) is 26.1 Å². The zero-order valence-electron chi connectivity index (χ0n) is 15.4. The van der Waals surface area contributed by atoms with E-state index in [0.29, 0.717) is 18.5 Å². The van der Waals surface area contributed by atoms with Gasteiger partial charge in [0, 0.05) is 23.5 Å². The minimum absolute atomic E-state index is 0.0763. The third kappa shape index (κ3) is 3.88. The summed E-state index contributed by atoms with van der Waals surface area (Å²) in [5.74, 6) is 0. The van der Waals surface area contributed by atoms with E-state index in [1.807, 2.05) is 30.5 Å². The Bertz CT molecular complexity index is 1070. The molecule has 0 bridgehead atoms. The molecule has 0 fully saturated rings. The average Bonchev–Trinajstić information content (AvgIpc) is 3.37. The molecule has 2 heterocycles. The number of nitrogens with zero attached hydrogens (tertiary/aromatic N) is 3. The molecule has 0 spiro atoms. The van der Waals surface area contributed by atoms with Gasteiger partial charge in [0.1, 0.15) is 11.7 Å². The van der Waals surface area contributed by atoms with Crippen LogP contribution in [-0.2, 0) is 13.1 Å². The molecular weight excluding hydrogens is 375 g/mol. The molecule has 28 heavy (non-hydrogen) atoms. The predicted octanol–water partition coefficient (Wildman–Crippen LogP) is 3.84. The van der Waals surface area contributed by atoms with Crippen LogP contribution in [0.4, 0.5) is 9.52 Å². The van der Waals surface area contributed by atoms with Crippen LogP contribution in [-0.4, -0.2) is 33.0 Å². The van der Waals surface area contributed by atoms with E-state index in [2.05, 4.69) is 32.6 Å². The standard InChI is InChI=1S/C20H21FN6S/c1-12-16(6-7-18-17(12)11-24-25-18)19-26-27-20(28-19)23-10-15(22)8-13-2-4-14(9-21)5-3-13/h2-7,11,15H,8-10,22H2,1H3,(H,23,27)(H,24,25)/t15-/m0/s1. The highest BCUT2D eigenvalue weighted by Crippen LogP contribution is 2.32. The molecule has 0 radical (unpaired) electrons. The van der Waals surface area contributed by atoms with Crippen molar-refractivity contribution in [2.75, 3.05) is 11.9 Å². The van der Waals surface area contributed by atoms with Crippen LogP contribution in [0.5, 0.6) is 0 Å². The number of anilines is 1. The van der Waals surface area contributed by atoms with Gasteiger partial charge in [-0.05, 0) is 42.2 Å². The highest BCUT2D eigenvalue weighted by Gasteiger charge is 2.13. The summed E-state index contributed by atoms with van der Waals surface area (Å²) in [6.07, 6.45) is 2.54. The van der Waals surface area contributed by atoms with Gasteiger partial charge in [-0.1, -0.05) is 35.6 Å². The third-order valence-corrected chi connectivity index (χ3v) is 5.65. The molecule has 0 saturated heterocycles. The van der Waals surface area contributed by atoms with E-state index in [-0.39, 0.29) is 6.04 Å². The lowest BCUT2D eigenvalue weighted by Gasteiger charge is -2.12. The van der Waals surface area contributed by atoms with Gasteiger partial charge in [-0.25, -0.2) is 4.39 Å². The monoisotopic (exact) mass is 396 g/mol. The maximum atomic E-state index is 12.6. The number of aromatic amines is 1. The number of benzene rings is 2. The molecule has 4 rings (SSSR count). The normalized spacial score (nSPS) is 12.4. The summed E-state index contributed by atoms with van der Waals surface area (Å²) in [6.45, 7) is 2.20. The summed E-state index contributed by atoms with van der Waals surface area (Å²) < 4.78 is 12.6. The molecule has 2 aromatic carbocycles. The summed E-state index contributed by atoms with van der Waals surface area (Å²) in [4.78, 5) is 0. The van der Waals surface area contributed by atoms with Gasteiger partial charge in [0.05, 0.1) is 11.7 Å². The fraction of sp³-hybridized carbons (Fsp3) is 0.250. The van der Waals surface area contributed by atoms with Crippen LogP contribution in [0.25, 0.3) is 21.5 Å². The third-order valence-electron chi connectivity index (χ3n) is 4.74. The SMILES string of the molecule is Cc1c(-c2nnc(NC[C@@H](N)Cc3ccc(CF)cc3)s2)ccc2[nH]ncc12. The lowest BCUT2D eigenvalue weighted by Crippen LogP contribution is -2.31. The van der Waals surface area contributed by atoms with Gasteiger partial charge in [-0.15, -0.1) is 10.2 Å². The second-order valence-electron chi connectivity index (χ2n) is 6.78. The van der Waals surface area contributed by atoms with Gasteiger partial charge < -0.3 is 11.1 Å². The summed E-state index contributed by atoms with van der Waals surface area (Å²) in [5, 5.41) is 21.6. The van der Waals surface area contributed by atoms with Crippen LogP contribution in [0, 0.1) is 6.92 Å². The van der Waals surface area contributed by atoms with Crippen LogP contribution in [0.1, 0.15) is 16.7 Å². The van der Waals surface area contributed by atoms with Crippen molar-refractivity contribution in [1.29, 1.82) is 0 Å². The van der Waals surface area contributed by atoms with Crippen molar-refractivity contribution in [3.8, 4) is 10.6 Å². The molecular formula is C20H21FN6S. The molecule has 1 atom stereocenters. The molecule has 8 heteroatoms. The van der Waals surface area contributed by atoms with E-state index < -0.39 is 6.67 Å². The molecule has 6 nitrogen and oxygen atoms in total. The van der Waals surface area contributed by atoms with E-state index in [4.69, 9.17) is 5.73 Å². The number of nitrogens with two attached hydrogens (primary N) is 1. The maximum Gasteiger partial charge on any atom is 0.206 e. The Morgan fingerprint density at radius 1 is 1.14 bits per heavy atom. The number of fused-ring (bicyclic) bond motifs is 1. The Labute approximate surface area is 166 Å².